The minimum Gasteiger partial charge on any atom is -0.394 e. The first-order valence-corrected chi connectivity index (χ1v) is 9.40. The highest BCUT2D eigenvalue weighted by Crippen LogP contribution is 2.29. The molecule has 0 saturated carbocycles. The summed E-state index contributed by atoms with van der Waals surface area (Å²) in [5.74, 6) is 0. The summed E-state index contributed by atoms with van der Waals surface area (Å²) in [6, 6.07) is 0. The Bertz CT molecular complexity index is 552. The molecule has 9 N–H and O–H groups in total. The van der Waals surface area contributed by atoms with Crippen LogP contribution < -0.4 is 0 Å². The highest BCUT2D eigenvalue weighted by atomic mass is 16.7. The lowest BCUT2D eigenvalue weighted by Crippen LogP contribution is -2.64. The first-order valence-electron chi connectivity index (χ1n) is 9.40. The molecule has 3 fully saturated rings. The molecule has 0 aromatic rings. The quantitative estimate of drug-likeness (QED) is 0.192. The smallest absolute Gasteiger partial charge is 0.186 e. The molecule has 3 rings (SSSR count). The van der Waals surface area contributed by atoms with Gasteiger partial charge < -0.3 is 69.6 Å². The van der Waals surface area contributed by atoms with Crippen molar-refractivity contribution in [1.29, 1.82) is 0 Å². The highest BCUT2D eigenvalue weighted by molar-refractivity contribution is 4.93. The van der Waals surface area contributed by atoms with E-state index in [0.29, 0.717) is 0 Å². The lowest BCUT2D eigenvalue weighted by atomic mass is 9.98. The van der Waals surface area contributed by atoms with Gasteiger partial charge in [0.1, 0.15) is 61.0 Å². The molecule has 3 heterocycles. The maximum Gasteiger partial charge on any atom is 0.186 e. The van der Waals surface area contributed by atoms with Gasteiger partial charge in [0.15, 0.2) is 18.9 Å². The standard InChI is InChI=1S/C16H28O14/c17-1-6-8(21)13(10(23)14(25)28-6)30-16-11(24)12(5(19)3-27-16)29-15-9(22)7(20)4(18)2-26-15/h4-25H,1-3H2/t4-,5-,6+,7-,8-,9+,10+,11+,12-,13-,14+,15-,16-/m0/s1. The minimum absolute atomic E-state index is 0.362. The van der Waals surface area contributed by atoms with Gasteiger partial charge in [-0.05, 0) is 0 Å². The number of hydrogen-bond acceptors (Lipinski definition) is 14. The highest BCUT2D eigenvalue weighted by Gasteiger charge is 2.50. The Kier molecular flexibility index (Phi) is 7.97. The van der Waals surface area contributed by atoms with Crippen LogP contribution in [0.25, 0.3) is 0 Å². The zero-order valence-electron chi connectivity index (χ0n) is 15.7. The summed E-state index contributed by atoms with van der Waals surface area (Å²) in [4.78, 5) is 0. The third kappa shape index (κ3) is 4.77. The Morgan fingerprint density at radius 1 is 0.633 bits per heavy atom. The third-order valence-corrected chi connectivity index (χ3v) is 5.30. The fraction of sp³-hybridized carbons (Fsp3) is 1.00. The minimum atomic E-state index is -1.78. The van der Waals surface area contributed by atoms with Gasteiger partial charge in [-0.2, -0.15) is 0 Å². The van der Waals surface area contributed by atoms with Crippen LogP contribution in [0.15, 0.2) is 0 Å². The van der Waals surface area contributed by atoms with E-state index in [1.807, 2.05) is 0 Å². The fourth-order valence-corrected chi connectivity index (χ4v) is 3.50. The van der Waals surface area contributed by atoms with Crippen molar-refractivity contribution in [2.45, 2.75) is 79.9 Å². The van der Waals surface area contributed by atoms with Gasteiger partial charge in [0.2, 0.25) is 0 Å². The maximum atomic E-state index is 10.5. The molecule has 0 aromatic carbocycles. The molecule has 0 amide bonds. The fourth-order valence-electron chi connectivity index (χ4n) is 3.50. The van der Waals surface area contributed by atoms with Crippen LogP contribution in [0.4, 0.5) is 0 Å². The van der Waals surface area contributed by atoms with Gasteiger partial charge in [0.25, 0.3) is 0 Å². The van der Waals surface area contributed by atoms with E-state index in [9.17, 15) is 46.0 Å². The van der Waals surface area contributed by atoms with Gasteiger partial charge in [-0.15, -0.1) is 0 Å². The summed E-state index contributed by atoms with van der Waals surface area (Å²) in [5, 5.41) is 89.0. The molecular formula is C16H28O14. The van der Waals surface area contributed by atoms with E-state index < -0.39 is 93.1 Å². The number of aliphatic hydroxyl groups excluding tert-OH is 9. The van der Waals surface area contributed by atoms with E-state index in [2.05, 4.69) is 0 Å². The van der Waals surface area contributed by atoms with Crippen LogP contribution >= 0.6 is 0 Å². The molecule has 0 radical (unpaired) electrons. The van der Waals surface area contributed by atoms with Gasteiger partial charge in [0.05, 0.1) is 19.8 Å². The first-order chi connectivity index (χ1) is 14.1. The summed E-state index contributed by atoms with van der Waals surface area (Å²) in [6.07, 6.45) is -20.1. The van der Waals surface area contributed by atoms with Gasteiger partial charge >= 0.3 is 0 Å². The molecule has 3 saturated heterocycles. The topological polar surface area (TPSA) is 228 Å². The van der Waals surface area contributed by atoms with Crippen LogP contribution in [-0.2, 0) is 23.7 Å². The molecular weight excluding hydrogens is 416 g/mol. The summed E-state index contributed by atoms with van der Waals surface area (Å²) >= 11 is 0. The van der Waals surface area contributed by atoms with E-state index in [4.69, 9.17) is 23.7 Å². The van der Waals surface area contributed by atoms with Crippen LogP contribution in [0.3, 0.4) is 0 Å². The second-order valence-corrected chi connectivity index (χ2v) is 7.44. The van der Waals surface area contributed by atoms with Crippen LogP contribution in [0.2, 0.25) is 0 Å². The summed E-state index contributed by atoms with van der Waals surface area (Å²) in [6.45, 7) is -1.46. The summed E-state index contributed by atoms with van der Waals surface area (Å²) in [7, 11) is 0. The van der Waals surface area contributed by atoms with Crippen molar-refractivity contribution in [3.8, 4) is 0 Å². The van der Waals surface area contributed by atoms with Crippen LogP contribution in [0.5, 0.6) is 0 Å². The molecule has 0 unspecified atom stereocenters. The van der Waals surface area contributed by atoms with E-state index in [0.717, 1.165) is 0 Å². The molecule has 0 spiro atoms. The normalized spacial score (nSPS) is 52.9. The molecule has 3 aliphatic rings. The molecule has 13 atom stereocenters. The average Bonchev–Trinajstić information content (AvgIpc) is 2.72. The second kappa shape index (κ2) is 9.93. The van der Waals surface area contributed by atoms with Crippen LogP contribution in [0.1, 0.15) is 0 Å². The van der Waals surface area contributed by atoms with E-state index in [1.54, 1.807) is 0 Å². The largest absolute Gasteiger partial charge is 0.394 e. The number of hydrogen-bond donors (Lipinski definition) is 9. The predicted molar refractivity (Wildman–Crippen MR) is 89.2 cm³/mol. The van der Waals surface area contributed by atoms with Crippen LogP contribution in [0, 0.1) is 0 Å². The molecule has 14 heteroatoms. The number of ether oxygens (including phenoxy) is 5. The van der Waals surface area contributed by atoms with Gasteiger partial charge in [-0.25, -0.2) is 0 Å². The van der Waals surface area contributed by atoms with Crippen molar-refractivity contribution in [3.05, 3.63) is 0 Å². The first kappa shape index (κ1) is 24.1. The second-order valence-electron chi connectivity index (χ2n) is 7.44. The lowest BCUT2D eigenvalue weighted by molar-refractivity contribution is -0.361. The molecule has 30 heavy (non-hydrogen) atoms. The number of aliphatic hydroxyl groups is 9. The molecule has 14 nitrogen and oxygen atoms in total. The Balaban J connectivity index is 1.67. The van der Waals surface area contributed by atoms with Crippen LogP contribution in [-0.4, -0.2) is 146 Å². The summed E-state index contributed by atoms with van der Waals surface area (Å²) in [5.41, 5.74) is 0. The molecule has 0 aromatic heterocycles. The van der Waals surface area contributed by atoms with E-state index >= 15 is 0 Å². The van der Waals surface area contributed by atoms with Crippen molar-refractivity contribution >= 4 is 0 Å². The maximum absolute atomic E-state index is 10.5. The predicted octanol–water partition coefficient (Wildman–Crippen LogP) is -6.29. The Labute approximate surface area is 170 Å². The molecule has 0 aliphatic carbocycles. The van der Waals surface area contributed by atoms with Crippen molar-refractivity contribution in [1.82, 2.24) is 0 Å². The monoisotopic (exact) mass is 444 g/mol. The molecule has 0 bridgehead atoms. The zero-order valence-corrected chi connectivity index (χ0v) is 15.7. The Morgan fingerprint density at radius 2 is 1.20 bits per heavy atom. The van der Waals surface area contributed by atoms with E-state index in [1.165, 1.54) is 0 Å². The van der Waals surface area contributed by atoms with Crippen molar-refractivity contribution in [3.63, 3.8) is 0 Å². The molecule has 176 valence electrons. The van der Waals surface area contributed by atoms with Crippen molar-refractivity contribution in [2.24, 2.45) is 0 Å². The van der Waals surface area contributed by atoms with Gasteiger partial charge in [-0.1, -0.05) is 0 Å². The average molecular weight is 444 g/mol. The zero-order chi connectivity index (χ0) is 22.2. The third-order valence-electron chi connectivity index (χ3n) is 5.30. The van der Waals surface area contributed by atoms with Crippen molar-refractivity contribution in [2.75, 3.05) is 19.8 Å². The van der Waals surface area contributed by atoms with E-state index in [-0.39, 0.29) is 6.61 Å². The SMILES string of the molecule is OC[C@H]1O[C@@H](O)[C@H](O)[C@@H](O[C@@H]2OC[C@H](O)[C@H](O[C@@H]3OC[C@H](O)[C@H](O)[C@H]3O)[C@H]2O)[C@H]1O. The van der Waals surface area contributed by atoms with Crippen molar-refractivity contribution < 1.29 is 69.6 Å². The number of rotatable bonds is 5. The van der Waals surface area contributed by atoms with Gasteiger partial charge in [-0.3, -0.25) is 0 Å². The Morgan fingerprint density at radius 3 is 1.83 bits per heavy atom. The summed E-state index contributed by atoms with van der Waals surface area (Å²) < 4.78 is 25.9. The Hall–Kier alpha value is -0.560. The van der Waals surface area contributed by atoms with Gasteiger partial charge in [0, 0.05) is 0 Å². The lowest BCUT2D eigenvalue weighted by Gasteiger charge is -2.45. The molecule has 3 aliphatic heterocycles.